The molecule has 1 aromatic heterocycles. The highest BCUT2D eigenvalue weighted by Crippen LogP contribution is 2.33. The van der Waals surface area contributed by atoms with Gasteiger partial charge in [-0.3, -0.25) is 4.79 Å². The average molecular weight is 356 g/mol. The molecule has 2 aromatic rings. The van der Waals surface area contributed by atoms with Gasteiger partial charge in [-0.05, 0) is 32.1 Å². The molecule has 0 radical (unpaired) electrons. The number of amides is 1. The van der Waals surface area contributed by atoms with Crippen molar-refractivity contribution in [1.82, 2.24) is 15.6 Å². The van der Waals surface area contributed by atoms with Crippen molar-refractivity contribution in [2.75, 3.05) is 0 Å². The molecule has 1 saturated carbocycles. The van der Waals surface area contributed by atoms with Crippen LogP contribution in [0.4, 0.5) is 0 Å². The Hall–Kier alpha value is -1.72. The van der Waals surface area contributed by atoms with E-state index in [4.69, 9.17) is 4.98 Å². The van der Waals surface area contributed by atoms with Gasteiger partial charge in [0.25, 0.3) is 0 Å². The summed E-state index contributed by atoms with van der Waals surface area (Å²) in [6.45, 7) is 2.02. The molecule has 0 spiro atoms. The fourth-order valence-corrected chi connectivity index (χ4v) is 4.96. The highest BCUT2D eigenvalue weighted by molar-refractivity contribution is 7.10. The molecule has 1 amide bonds. The molecule has 2 aliphatic rings. The summed E-state index contributed by atoms with van der Waals surface area (Å²) in [5, 5.41) is 9.74. The molecule has 1 aromatic carbocycles. The zero-order chi connectivity index (χ0) is 17.2. The van der Waals surface area contributed by atoms with E-state index >= 15 is 0 Å². The molecule has 2 fully saturated rings. The minimum atomic E-state index is -0.0561. The van der Waals surface area contributed by atoms with Gasteiger partial charge in [0.2, 0.25) is 5.91 Å². The van der Waals surface area contributed by atoms with E-state index in [-0.39, 0.29) is 18.0 Å². The highest BCUT2D eigenvalue weighted by atomic mass is 32.1. The molecule has 2 heterocycles. The van der Waals surface area contributed by atoms with Crippen LogP contribution in [0.5, 0.6) is 0 Å². The van der Waals surface area contributed by atoms with Crippen molar-refractivity contribution in [1.29, 1.82) is 0 Å². The Morgan fingerprint density at radius 2 is 2.08 bits per heavy atom. The van der Waals surface area contributed by atoms with Gasteiger partial charge < -0.3 is 10.6 Å². The van der Waals surface area contributed by atoms with Gasteiger partial charge in [-0.25, -0.2) is 4.98 Å². The molecule has 2 N–H and O–H groups in total. The predicted molar refractivity (Wildman–Crippen MR) is 101 cm³/mol. The molecule has 1 aliphatic carbocycles. The first kappa shape index (κ1) is 16.7. The molecule has 132 valence electrons. The summed E-state index contributed by atoms with van der Waals surface area (Å²) >= 11 is 1.61. The number of carbonyl (C=O) groups excluding carboxylic acids is 1. The van der Waals surface area contributed by atoms with Crippen molar-refractivity contribution >= 4 is 17.2 Å². The normalized spacial score (nSPS) is 26.8. The van der Waals surface area contributed by atoms with Crippen LogP contribution in [0.25, 0.3) is 11.3 Å². The first-order chi connectivity index (χ1) is 12.2. The second-order valence-electron chi connectivity index (χ2n) is 7.27. The Kier molecular flexibility index (Phi) is 4.86. The Morgan fingerprint density at radius 1 is 1.28 bits per heavy atom. The molecule has 4 rings (SSSR count). The summed E-state index contributed by atoms with van der Waals surface area (Å²) < 4.78 is 0. The molecule has 0 bridgehead atoms. The van der Waals surface area contributed by atoms with Gasteiger partial charge in [-0.15, -0.1) is 11.3 Å². The first-order valence-corrected chi connectivity index (χ1v) is 10.2. The summed E-state index contributed by atoms with van der Waals surface area (Å²) in [6, 6.07) is 10.6. The van der Waals surface area contributed by atoms with Gasteiger partial charge >= 0.3 is 0 Å². The number of nitrogens with one attached hydrogen (secondary N) is 2. The van der Waals surface area contributed by atoms with Gasteiger partial charge in [0.15, 0.2) is 0 Å². The minimum Gasteiger partial charge on any atom is -0.346 e. The SMILES string of the molecule is CC(NC(=O)C1CC2CCCCC2N1)c1nc(-c2ccccc2)cs1. The number of aromatic nitrogens is 1. The van der Waals surface area contributed by atoms with Crippen molar-refractivity contribution in [3.63, 3.8) is 0 Å². The number of hydrogen-bond acceptors (Lipinski definition) is 4. The van der Waals surface area contributed by atoms with Crippen LogP contribution >= 0.6 is 11.3 Å². The average Bonchev–Trinajstić information content (AvgIpc) is 3.29. The molecule has 4 unspecified atom stereocenters. The van der Waals surface area contributed by atoms with E-state index in [1.807, 2.05) is 25.1 Å². The standard InChI is InChI=1S/C20H25N3OS/c1-13(20-23-18(12-25-20)14-7-3-2-4-8-14)21-19(24)17-11-15-9-5-6-10-16(15)22-17/h2-4,7-8,12-13,15-17,22H,5-6,9-11H2,1H3,(H,21,24). The summed E-state index contributed by atoms with van der Waals surface area (Å²) in [5.74, 6) is 0.808. The summed E-state index contributed by atoms with van der Waals surface area (Å²) in [5.41, 5.74) is 2.09. The lowest BCUT2D eigenvalue weighted by Gasteiger charge is -2.24. The van der Waals surface area contributed by atoms with Crippen LogP contribution in [-0.4, -0.2) is 23.0 Å². The van der Waals surface area contributed by atoms with Crippen molar-refractivity contribution in [3.05, 3.63) is 40.7 Å². The fraction of sp³-hybridized carbons (Fsp3) is 0.500. The minimum absolute atomic E-state index is 0.0379. The maximum absolute atomic E-state index is 12.7. The number of fused-ring (bicyclic) bond motifs is 1. The van der Waals surface area contributed by atoms with E-state index in [1.54, 1.807) is 11.3 Å². The summed E-state index contributed by atoms with van der Waals surface area (Å²) in [4.78, 5) is 17.4. The Morgan fingerprint density at radius 3 is 2.88 bits per heavy atom. The van der Waals surface area contributed by atoms with Gasteiger partial charge in [-0.2, -0.15) is 0 Å². The zero-order valence-corrected chi connectivity index (χ0v) is 15.4. The lowest BCUT2D eigenvalue weighted by Crippen LogP contribution is -2.43. The van der Waals surface area contributed by atoms with E-state index in [0.717, 1.165) is 22.7 Å². The molecule has 1 saturated heterocycles. The van der Waals surface area contributed by atoms with E-state index in [2.05, 4.69) is 28.1 Å². The van der Waals surface area contributed by atoms with Crippen molar-refractivity contribution in [2.24, 2.45) is 5.92 Å². The Labute approximate surface area is 153 Å². The number of carbonyl (C=O) groups is 1. The number of nitrogens with zero attached hydrogens (tertiary/aromatic N) is 1. The third kappa shape index (κ3) is 3.62. The van der Waals surface area contributed by atoms with Gasteiger partial charge in [0.05, 0.1) is 17.8 Å². The maximum Gasteiger partial charge on any atom is 0.237 e. The molecule has 1 aliphatic heterocycles. The zero-order valence-electron chi connectivity index (χ0n) is 14.6. The van der Waals surface area contributed by atoms with Crippen LogP contribution in [0, 0.1) is 5.92 Å². The highest BCUT2D eigenvalue weighted by Gasteiger charge is 2.38. The number of hydrogen-bond donors (Lipinski definition) is 2. The van der Waals surface area contributed by atoms with Crippen molar-refractivity contribution in [2.45, 2.75) is 57.2 Å². The molecule has 5 heteroatoms. The Bertz CT molecular complexity index is 716. The molecule has 25 heavy (non-hydrogen) atoms. The van der Waals surface area contributed by atoms with E-state index in [1.165, 1.54) is 25.7 Å². The van der Waals surface area contributed by atoms with Gasteiger partial charge in [-0.1, -0.05) is 43.2 Å². The quantitative estimate of drug-likeness (QED) is 0.874. The summed E-state index contributed by atoms with van der Waals surface area (Å²) in [7, 11) is 0. The van der Waals surface area contributed by atoms with E-state index in [9.17, 15) is 4.79 Å². The van der Waals surface area contributed by atoms with E-state index in [0.29, 0.717) is 12.0 Å². The van der Waals surface area contributed by atoms with Crippen LogP contribution < -0.4 is 10.6 Å². The lowest BCUT2D eigenvalue weighted by molar-refractivity contribution is -0.123. The Balaban J connectivity index is 1.38. The van der Waals surface area contributed by atoms with Crippen LogP contribution in [0.3, 0.4) is 0 Å². The second-order valence-corrected chi connectivity index (χ2v) is 8.16. The topological polar surface area (TPSA) is 54.0 Å². The van der Waals surface area contributed by atoms with Gasteiger partial charge in [0, 0.05) is 17.0 Å². The molecular weight excluding hydrogens is 330 g/mol. The van der Waals surface area contributed by atoms with Crippen molar-refractivity contribution < 1.29 is 4.79 Å². The number of rotatable bonds is 4. The largest absolute Gasteiger partial charge is 0.346 e. The lowest BCUT2D eigenvalue weighted by atomic mass is 9.85. The predicted octanol–water partition coefficient (Wildman–Crippen LogP) is 3.91. The summed E-state index contributed by atoms with van der Waals surface area (Å²) in [6.07, 6.45) is 6.08. The molecular formula is C20H25N3OS. The van der Waals surface area contributed by atoms with Crippen molar-refractivity contribution in [3.8, 4) is 11.3 Å². The number of benzene rings is 1. The van der Waals surface area contributed by atoms with Crippen LogP contribution in [0.1, 0.15) is 50.1 Å². The molecule has 4 atom stereocenters. The van der Waals surface area contributed by atoms with Crippen LogP contribution in [-0.2, 0) is 4.79 Å². The third-order valence-corrected chi connectivity index (χ3v) is 6.53. The second kappa shape index (κ2) is 7.26. The van der Waals surface area contributed by atoms with Gasteiger partial charge in [0.1, 0.15) is 5.01 Å². The first-order valence-electron chi connectivity index (χ1n) is 9.28. The molecule has 4 nitrogen and oxygen atoms in total. The number of thiazole rings is 1. The van der Waals surface area contributed by atoms with E-state index < -0.39 is 0 Å². The maximum atomic E-state index is 12.7. The monoisotopic (exact) mass is 355 g/mol. The van der Waals surface area contributed by atoms with Crippen LogP contribution in [0.15, 0.2) is 35.7 Å². The smallest absolute Gasteiger partial charge is 0.237 e. The van der Waals surface area contributed by atoms with Crippen LogP contribution in [0.2, 0.25) is 0 Å². The third-order valence-electron chi connectivity index (χ3n) is 5.50. The fourth-order valence-electron chi connectivity index (χ4n) is 4.12.